The van der Waals surface area contributed by atoms with E-state index in [1.807, 2.05) is 12.4 Å². The first-order valence-corrected chi connectivity index (χ1v) is 6.74. The highest BCUT2D eigenvalue weighted by molar-refractivity contribution is 5.80. The second kappa shape index (κ2) is 6.38. The van der Waals surface area contributed by atoms with Gasteiger partial charge in [0.15, 0.2) is 5.96 Å². The van der Waals surface area contributed by atoms with E-state index in [4.69, 9.17) is 0 Å². The summed E-state index contributed by atoms with van der Waals surface area (Å²) in [6.45, 7) is 5.91. The number of rotatable bonds is 5. The Morgan fingerprint density at radius 2 is 2.33 bits per heavy atom. The summed E-state index contributed by atoms with van der Waals surface area (Å²) in [5.41, 5.74) is 2.57. The maximum absolute atomic E-state index is 4.60. The van der Waals surface area contributed by atoms with E-state index in [1.54, 1.807) is 0 Å². The molecule has 0 unspecified atom stereocenters. The van der Waals surface area contributed by atoms with Crippen LogP contribution in [0.5, 0.6) is 0 Å². The van der Waals surface area contributed by atoms with Crippen LogP contribution < -0.4 is 10.6 Å². The predicted octanol–water partition coefficient (Wildman–Crippen LogP) is 1.65. The summed E-state index contributed by atoms with van der Waals surface area (Å²) in [4.78, 5) is 8.71. The minimum atomic E-state index is 0.644. The first-order chi connectivity index (χ1) is 8.79. The van der Waals surface area contributed by atoms with Crippen molar-refractivity contribution in [3.63, 3.8) is 0 Å². The molecule has 1 saturated carbocycles. The van der Waals surface area contributed by atoms with Gasteiger partial charge in [-0.2, -0.15) is 0 Å². The fourth-order valence-electron chi connectivity index (χ4n) is 1.81. The van der Waals surface area contributed by atoms with Crippen molar-refractivity contribution in [1.29, 1.82) is 0 Å². The van der Waals surface area contributed by atoms with E-state index in [2.05, 4.69) is 40.5 Å². The summed E-state index contributed by atoms with van der Waals surface area (Å²) in [6, 6.07) is 2.72. The van der Waals surface area contributed by atoms with Crippen LogP contribution >= 0.6 is 0 Å². The van der Waals surface area contributed by atoms with Gasteiger partial charge in [0.25, 0.3) is 0 Å². The number of nitrogens with zero attached hydrogens (tertiary/aromatic N) is 2. The number of guanidine groups is 1. The average Bonchev–Trinajstić information content (AvgIpc) is 3.16. The highest BCUT2D eigenvalue weighted by atomic mass is 15.2. The lowest BCUT2D eigenvalue weighted by atomic mass is 10.1. The van der Waals surface area contributed by atoms with E-state index < -0.39 is 0 Å². The summed E-state index contributed by atoms with van der Waals surface area (Å²) < 4.78 is 0. The molecule has 0 saturated heterocycles. The molecule has 0 spiro atoms. The third-order valence-corrected chi connectivity index (χ3v) is 3.05. The Kier molecular flexibility index (Phi) is 4.56. The fourth-order valence-corrected chi connectivity index (χ4v) is 1.81. The Morgan fingerprint density at radius 3 is 3.00 bits per heavy atom. The quantitative estimate of drug-likeness (QED) is 0.613. The van der Waals surface area contributed by atoms with E-state index in [1.165, 1.54) is 24.0 Å². The maximum atomic E-state index is 4.60. The minimum Gasteiger partial charge on any atom is -0.357 e. The van der Waals surface area contributed by atoms with Crippen molar-refractivity contribution in [2.24, 2.45) is 4.99 Å². The number of aryl methyl sites for hydroxylation is 1. The molecule has 0 radical (unpaired) electrons. The average molecular weight is 246 g/mol. The third kappa shape index (κ3) is 4.02. The summed E-state index contributed by atoms with van der Waals surface area (Å²) in [7, 11) is 0. The number of hydrogen-bond acceptors (Lipinski definition) is 2. The molecule has 98 valence electrons. The fraction of sp³-hybridized carbons (Fsp3) is 0.571. The number of nitrogens with one attached hydrogen (secondary N) is 2. The molecule has 4 heteroatoms. The highest BCUT2D eigenvalue weighted by Gasteiger charge is 2.21. The molecular weight excluding hydrogens is 224 g/mol. The van der Waals surface area contributed by atoms with Crippen LogP contribution in [0.1, 0.15) is 30.9 Å². The molecule has 4 nitrogen and oxygen atoms in total. The van der Waals surface area contributed by atoms with Crippen LogP contribution in [0.25, 0.3) is 0 Å². The van der Waals surface area contributed by atoms with E-state index >= 15 is 0 Å². The Labute approximate surface area is 109 Å². The normalized spacial score (nSPS) is 15.6. The van der Waals surface area contributed by atoms with Gasteiger partial charge >= 0.3 is 0 Å². The van der Waals surface area contributed by atoms with Gasteiger partial charge in [-0.15, -0.1) is 0 Å². The van der Waals surface area contributed by atoms with Gasteiger partial charge in [0, 0.05) is 31.5 Å². The summed E-state index contributed by atoms with van der Waals surface area (Å²) in [5.74, 6) is 0.951. The van der Waals surface area contributed by atoms with Crippen molar-refractivity contribution >= 4 is 5.96 Å². The molecule has 1 aromatic heterocycles. The molecule has 1 heterocycles. The van der Waals surface area contributed by atoms with Crippen molar-refractivity contribution in [1.82, 2.24) is 15.6 Å². The van der Waals surface area contributed by atoms with Crippen LogP contribution in [-0.4, -0.2) is 30.1 Å². The third-order valence-electron chi connectivity index (χ3n) is 3.05. The molecule has 1 aliphatic carbocycles. The van der Waals surface area contributed by atoms with Crippen LogP contribution in [-0.2, 0) is 6.42 Å². The molecule has 1 fully saturated rings. The van der Waals surface area contributed by atoms with E-state index in [0.717, 1.165) is 25.5 Å². The van der Waals surface area contributed by atoms with Gasteiger partial charge in [0.05, 0.1) is 0 Å². The summed E-state index contributed by atoms with van der Waals surface area (Å²) >= 11 is 0. The van der Waals surface area contributed by atoms with E-state index in [9.17, 15) is 0 Å². The second-order valence-electron chi connectivity index (χ2n) is 4.73. The molecule has 1 aliphatic rings. The van der Waals surface area contributed by atoms with Crippen LogP contribution in [0.15, 0.2) is 23.5 Å². The zero-order valence-electron chi connectivity index (χ0n) is 11.2. The zero-order valence-corrected chi connectivity index (χ0v) is 11.2. The topological polar surface area (TPSA) is 49.3 Å². The van der Waals surface area contributed by atoms with Crippen LogP contribution in [0.3, 0.4) is 0 Å². The summed E-state index contributed by atoms with van der Waals surface area (Å²) in [6.07, 6.45) is 7.27. The van der Waals surface area contributed by atoms with Crippen LogP contribution in [0.4, 0.5) is 0 Å². The lowest BCUT2D eigenvalue weighted by Gasteiger charge is -2.10. The van der Waals surface area contributed by atoms with Gasteiger partial charge in [-0.05, 0) is 50.3 Å². The first kappa shape index (κ1) is 12.9. The second-order valence-corrected chi connectivity index (χ2v) is 4.73. The van der Waals surface area contributed by atoms with Crippen molar-refractivity contribution in [2.75, 3.05) is 13.1 Å². The molecule has 2 N–H and O–H groups in total. The zero-order chi connectivity index (χ0) is 12.8. The van der Waals surface area contributed by atoms with Crippen molar-refractivity contribution in [3.05, 3.63) is 29.6 Å². The van der Waals surface area contributed by atoms with Gasteiger partial charge in [-0.1, -0.05) is 0 Å². The standard InChI is InChI=1S/C14H22N4/c1-3-16-14(18-13-4-5-13)17-9-7-12-6-8-15-10-11(12)2/h6,8,10,13H,3-5,7,9H2,1-2H3,(H2,16,17,18). The van der Waals surface area contributed by atoms with Gasteiger partial charge in [0.1, 0.15) is 0 Å². The minimum absolute atomic E-state index is 0.644. The van der Waals surface area contributed by atoms with Crippen LogP contribution in [0.2, 0.25) is 0 Å². The lowest BCUT2D eigenvalue weighted by molar-refractivity contribution is 0.807. The molecule has 18 heavy (non-hydrogen) atoms. The molecule has 2 rings (SSSR count). The highest BCUT2D eigenvalue weighted by Crippen LogP contribution is 2.18. The van der Waals surface area contributed by atoms with Crippen molar-refractivity contribution in [2.45, 2.75) is 39.2 Å². The van der Waals surface area contributed by atoms with E-state index in [0.29, 0.717) is 6.04 Å². The molecular formula is C14H22N4. The summed E-state index contributed by atoms with van der Waals surface area (Å²) in [5, 5.41) is 6.70. The molecule has 0 aromatic carbocycles. The SMILES string of the molecule is CCNC(=NCCc1ccncc1C)NC1CC1. The maximum Gasteiger partial charge on any atom is 0.191 e. The number of aromatic nitrogens is 1. The van der Waals surface area contributed by atoms with Gasteiger partial charge in [0.2, 0.25) is 0 Å². The molecule has 0 atom stereocenters. The number of hydrogen-bond donors (Lipinski definition) is 2. The van der Waals surface area contributed by atoms with Gasteiger partial charge in [-0.25, -0.2) is 0 Å². The predicted molar refractivity (Wildman–Crippen MR) is 74.8 cm³/mol. The Hall–Kier alpha value is -1.58. The Bertz CT molecular complexity index is 410. The lowest BCUT2D eigenvalue weighted by Crippen LogP contribution is -2.38. The van der Waals surface area contributed by atoms with E-state index in [-0.39, 0.29) is 0 Å². The molecule has 0 bridgehead atoms. The molecule has 0 amide bonds. The molecule has 0 aliphatic heterocycles. The number of aliphatic imine (C=N–C) groups is 1. The Morgan fingerprint density at radius 1 is 1.50 bits per heavy atom. The van der Waals surface area contributed by atoms with Gasteiger partial charge in [-0.3, -0.25) is 9.98 Å². The Balaban J connectivity index is 1.85. The smallest absolute Gasteiger partial charge is 0.191 e. The van der Waals surface area contributed by atoms with Crippen LogP contribution in [0, 0.1) is 6.92 Å². The van der Waals surface area contributed by atoms with Gasteiger partial charge < -0.3 is 10.6 Å². The van der Waals surface area contributed by atoms with Crippen molar-refractivity contribution < 1.29 is 0 Å². The largest absolute Gasteiger partial charge is 0.357 e. The monoisotopic (exact) mass is 246 g/mol. The number of pyridine rings is 1. The first-order valence-electron chi connectivity index (χ1n) is 6.74. The molecule has 1 aromatic rings. The van der Waals surface area contributed by atoms with Crippen molar-refractivity contribution in [3.8, 4) is 0 Å².